The first-order chi connectivity index (χ1) is 15.2. The Labute approximate surface area is 186 Å². The number of carbonyl (C=O) groups excluding carboxylic acids is 3. The minimum Gasteiger partial charge on any atom is -0.456 e. The van der Waals surface area contributed by atoms with Gasteiger partial charge in [0.25, 0.3) is 5.91 Å². The summed E-state index contributed by atoms with van der Waals surface area (Å²) >= 11 is 0. The first kappa shape index (κ1) is 23.0. The Morgan fingerprint density at radius 2 is 1.78 bits per heavy atom. The number of rotatable bonds is 8. The van der Waals surface area contributed by atoms with E-state index in [4.69, 9.17) is 9.26 Å². The van der Waals surface area contributed by atoms with Crippen molar-refractivity contribution >= 4 is 17.7 Å². The van der Waals surface area contributed by atoms with E-state index < -0.39 is 18.6 Å². The van der Waals surface area contributed by atoms with Crippen LogP contribution in [0.1, 0.15) is 51.7 Å². The Kier molecular flexibility index (Phi) is 6.92. The number of ether oxygens (including phenoxy) is 1. The molecule has 0 bridgehead atoms. The topological polar surface area (TPSA) is 103 Å². The fraction of sp³-hybridized carbons (Fsp3) is 0.333. The van der Waals surface area contributed by atoms with Crippen LogP contribution >= 0.6 is 0 Å². The first-order valence-corrected chi connectivity index (χ1v) is 10.4. The summed E-state index contributed by atoms with van der Waals surface area (Å²) in [6, 6.07) is 11.2. The van der Waals surface area contributed by atoms with Crippen molar-refractivity contribution in [1.29, 1.82) is 0 Å². The molecule has 3 aromatic rings. The lowest BCUT2D eigenvalue weighted by molar-refractivity contribution is -0.145. The van der Waals surface area contributed by atoms with E-state index in [9.17, 15) is 14.4 Å². The number of nitrogens with one attached hydrogen (secondary N) is 1. The maximum Gasteiger partial charge on any atom is 0.329 e. The summed E-state index contributed by atoms with van der Waals surface area (Å²) in [5.74, 6) is -0.346. The monoisotopic (exact) mass is 437 g/mol. The van der Waals surface area contributed by atoms with Crippen molar-refractivity contribution in [3.63, 3.8) is 0 Å². The molecule has 2 aromatic heterocycles. The van der Waals surface area contributed by atoms with E-state index in [-0.39, 0.29) is 17.6 Å². The number of aromatic nitrogens is 2. The highest BCUT2D eigenvalue weighted by Crippen LogP contribution is 2.21. The van der Waals surface area contributed by atoms with Crippen LogP contribution in [0.15, 0.2) is 47.0 Å². The average molecular weight is 437 g/mol. The van der Waals surface area contributed by atoms with Crippen molar-refractivity contribution < 1.29 is 23.6 Å². The Morgan fingerprint density at radius 3 is 2.38 bits per heavy atom. The van der Waals surface area contributed by atoms with Gasteiger partial charge in [-0.05, 0) is 44.9 Å². The van der Waals surface area contributed by atoms with Gasteiger partial charge in [0, 0.05) is 28.6 Å². The Bertz CT molecular complexity index is 1130. The third kappa shape index (κ3) is 4.96. The number of amides is 1. The zero-order chi connectivity index (χ0) is 23.4. The molecule has 0 radical (unpaired) electrons. The molecule has 32 heavy (non-hydrogen) atoms. The molecular weight excluding hydrogens is 410 g/mol. The van der Waals surface area contributed by atoms with Crippen LogP contribution in [0.4, 0.5) is 0 Å². The van der Waals surface area contributed by atoms with E-state index in [1.807, 2.05) is 11.5 Å². The second-order valence-electron chi connectivity index (χ2n) is 8.01. The molecule has 0 aliphatic heterocycles. The molecule has 0 aliphatic carbocycles. The zero-order valence-corrected chi connectivity index (χ0v) is 18.8. The van der Waals surface area contributed by atoms with Crippen LogP contribution in [-0.2, 0) is 9.53 Å². The lowest BCUT2D eigenvalue weighted by atomic mass is 10.0. The predicted octanol–water partition coefficient (Wildman–Crippen LogP) is 3.57. The second-order valence-corrected chi connectivity index (χ2v) is 8.01. The molecule has 0 fully saturated rings. The van der Waals surface area contributed by atoms with Crippen LogP contribution in [0.2, 0.25) is 0 Å². The fourth-order valence-electron chi connectivity index (χ4n) is 3.47. The van der Waals surface area contributed by atoms with E-state index in [0.29, 0.717) is 28.4 Å². The number of benzene rings is 1. The van der Waals surface area contributed by atoms with E-state index in [2.05, 4.69) is 10.5 Å². The van der Waals surface area contributed by atoms with Crippen LogP contribution in [0.3, 0.4) is 0 Å². The summed E-state index contributed by atoms with van der Waals surface area (Å²) < 4.78 is 12.2. The molecule has 0 spiro atoms. The van der Waals surface area contributed by atoms with Crippen LogP contribution in [-0.4, -0.2) is 40.0 Å². The van der Waals surface area contributed by atoms with Gasteiger partial charge in [-0.25, -0.2) is 4.79 Å². The van der Waals surface area contributed by atoms with Crippen molar-refractivity contribution in [3.8, 4) is 5.82 Å². The fourth-order valence-corrected chi connectivity index (χ4v) is 3.47. The van der Waals surface area contributed by atoms with Gasteiger partial charge < -0.3 is 14.6 Å². The van der Waals surface area contributed by atoms with Gasteiger partial charge in [0.05, 0.1) is 0 Å². The minimum absolute atomic E-state index is 0.217. The predicted molar refractivity (Wildman–Crippen MR) is 118 cm³/mol. The van der Waals surface area contributed by atoms with Gasteiger partial charge in [0.1, 0.15) is 11.8 Å². The molecule has 168 valence electrons. The number of carbonyl (C=O) groups is 3. The molecular formula is C24H27N3O5. The Morgan fingerprint density at radius 1 is 1.09 bits per heavy atom. The molecule has 3 rings (SSSR count). The van der Waals surface area contributed by atoms with Crippen LogP contribution in [0, 0.1) is 26.7 Å². The van der Waals surface area contributed by atoms with E-state index >= 15 is 0 Å². The van der Waals surface area contributed by atoms with Crippen molar-refractivity contribution in [2.45, 2.75) is 40.7 Å². The SMILES string of the molecule is Cc1cc(-n2c(C)cc(C(=O)COC(=O)C(NC(=O)c3ccccc3)C(C)C)c2C)no1. The molecule has 0 aliphatic rings. The standard InChI is InChI=1S/C24H27N3O5/c1-14(2)22(25-23(29)18-9-7-6-8-10-18)24(30)31-13-20(28)19-11-15(3)27(17(19)5)21-12-16(4)32-26-21/h6-12,14,22H,13H2,1-5H3,(H,25,29). The van der Waals surface area contributed by atoms with Gasteiger partial charge in [-0.15, -0.1) is 0 Å². The highest BCUT2D eigenvalue weighted by Gasteiger charge is 2.27. The van der Waals surface area contributed by atoms with Gasteiger partial charge in [-0.2, -0.15) is 0 Å². The molecule has 1 atom stereocenters. The van der Waals surface area contributed by atoms with Crippen LogP contribution in [0.25, 0.3) is 5.82 Å². The maximum atomic E-state index is 12.8. The molecule has 8 heteroatoms. The van der Waals surface area contributed by atoms with Gasteiger partial charge in [-0.3, -0.25) is 14.2 Å². The van der Waals surface area contributed by atoms with Gasteiger partial charge in [-0.1, -0.05) is 37.2 Å². The lowest BCUT2D eigenvalue weighted by Gasteiger charge is -2.20. The molecule has 2 heterocycles. The number of aryl methyl sites for hydroxylation is 2. The van der Waals surface area contributed by atoms with E-state index in [1.54, 1.807) is 70.2 Å². The maximum absolute atomic E-state index is 12.8. The van der Waals surface area contributed by atoms with Crippen molar-refractivity contribution in [1.82, 2.24) is 15.0 Å². The molecule has 0 saturated heterocycles. The van der Waals surface area contributed by atoms with Crippen molar-refractivity contribution in [2.24, 2.45) is 5.92 Å². The molecule has 1 aromatic carbocycles. The van der Waals surface area contributed by atoms with Gasteiger partial charge >= 0.3 is 5.97 Å². The second kappa shape index (κ2) is 9.64. The Balaban J connectivity index is 1.68. The highest BCUT2D eigenvalue weighted by atomic mass is 16.5. The lowest BCUT2D eigenvalue weighted by Crippen LogP contribution is -2.45. The molecule has 1 N–H and O–H groups in total. The number of Topliss-reactive ketones (excluding diaryl/α,β-unsaturated/α-hetero) is 1. The van der Waals surface area contributed by atoms with Crippen molar-refractivity contribution in [3.05, 3.63) is 70.7 Å². The summed E-state index contributed by atoms with van der Waals surface area (Å²) in [6.07, 6.45) is 0. The number of nitrogens with zero attached hydrogens (tertiary/aromatic N) is 2. The number of ketones is 1. The van der Waals surface area contributed by atoms with Crippen LogP contribution in [0.5, 0.6) is 0 Å². The summed E-state index contributed by atoms with van der Waals surface area (Å²) in [5.41, 5.74) is 2.36. The average Bonchev–Trinajstić information content (AvgIpc) is 3.32. The summed E-state index contributed by atoms with van der Waals surface area (Å²) in [7, 11) is 0. The zero-order valence-electron chi connectivity index (χ0n) is 18.8. The minimum atomic E-state index is -0.874. The normalized spacial score (nSPS) is 11.9. The smallest absolute Gasteiger partial charge is 0.329 e. The van der Waals surface area contributed by atoms with Crippen molar-refractivity contribution in [2.75, 3.05) is 6.61 Å². The van der Waals surface area contributed by atoms with E-state index in [0.717, 1.165) is 5.69 Å². The van der Waals surface area contributed by atoms with Gasteiger partial charge in [0.2, 0.25) is 5.78 Å². The largest absolute Gasteiger partial charge is 0.456 e. The quantitative estimate of drug-likeness (QED) is 0.427. The summed E-state index contributed by atoms with van der Waals surface area (Å²) in [6.45, 7) is 8.61. The van der Waals surface area contributed by atoms with Crippen LogP contribution < -0.4 is 5.32 Å². The molecule has 8 nitrogen and oxygen atoms in total. The molecule has 0 saturated carbocycles. The number of hydrogen-bond acceptors (Lipinski definition) is 6. The third-order valence-electron chi connectivity index (χ3n) is 5.16. The van der Waals surface area contributed by atoms with Gasteiger partial charge in [0.15, 0.2) is 12.4 Å². The highest BCUT2D eigenvalue weighted by molar-refractivity contribution is 6.00. The molecule has 1 amide bonds. The summed E-state index contributed by atoms with van der Waals surface area (Å²) in [5, 5.41) is 6.70. The third-order valence-corrected chi connectivity index (χ3v) is 5.16. The van der Waals surface area contributed by atoms with E-state index in [1.165, 1.54) is 0 Å². The first-order valence-electron chi connectivity index (χ1n) is 10.4. The number of esters is 1. The number of hydrogen-bond donors (Lipinski definition) is 1. The Hall–Kier alpha value is -3.68. The summed E-state index contributed by atoms with van der Waals surface area (Å²) in [4.78, 5) is 37.9. The molecule has 1 unspecified atom stereocenters.